The molecule has 0 aromatic carbocycles. The Hall–Kier alpha value is -0.305. The molecule has 12 heavy (non-hydrogen) atoms. The maximum atomic E-state index is 4.63. The van der Waals surface area contributed by atoms with Crippen molar-refractivity contribution in [2.24, 2.45) is 0 Å². The molecule has 0 aliphatic carbocycles. The maximum Gasteiger partial charge on any atom is 0.110 e. The second kappa shape index (κ2) is 3.61. The van der Waals surface area contributed by atoms with Gasteiger partial charge in [0.2, 0.25) is 0 Å². The summed E-state index contributed by atoms with van der Waals surface area (Å²) in [5.41, 5.74) is 1.38. The van der Waals surface area contributed by atoms with Crippen LogP contribution in [0.25, 0.3) is 0 Å². The third kappa shape index (κ3) is 1.56. The summed E-state index contributed by atoms with van der Waals surface area (Å²) in [6.07, 6.45) is 5.97. The van der Waals surface area contributed by atoms with E-state index in [-0.39, 0.29) is 0 Å². The molecule has 0 fully saturated rings. The smallest absolute Gasteiger partial charge is 0.110 e. The van der Waals surface area contributed by atoms with Gasteiger partial charge in [-0.3, -0.25) is 0 Å². The van der Waals surface area contributed by atoms with Gasteiger partial charge in [-0.2, -0.15) is 0 Å². The highest BCUT2D eigenvalue weighted by Crippen LogP contribution is 2.24. The zero-order chi connectivity index (χ0) is 8.39. The lowest BCUT2D eigenvalue weighted by atomic mass is 9.70. The van der Waals surface area contributed by atoms with E-state index in [1.165, 1.54) is 36.2 Å². The topological polar surface area (TPSA) is 12.9 Å². The number of nitrogens with zero attached hydrogens (tertiary/aromatic N) is 1. The molecule has 0 amide bonds. The van der Waals surface area contributed by atoms with Gasteiger partial charge in [-0.25, -0.2) is 4.98 Å². The second-order valence-electron chi connectivity index (χ2n) is 3.20. The normalized spacial score (nSPS) is 16.4. The minimum Gasteiger partial charge on any atom is -0.246 e. The predicted octanol–water partition coefficient (Wildman–Crippen LogP) is 2.34. The molecule has 1 aliphatic heterocycles. The number of hydrogen-bond acceptors (Lipinski definition) is 2. The van der Waals surface area contributed by atoms with Gasteiger partial charge in [0.15, 0.2) is 0 Å². The van der Waals surface area contributed by atoms with E-state index < -0.39 is 0 Å². The molecule has 2 heterocycles. The van der Waals surface area contributed by atoms with E-state index in [0.717, 1.165) is 6.42 Å². The summed E-state index contributed by atoms with van der Waals surface area (Å²) in [6, 6.07) is 0. The van der Waals surface area contributed by atoms with Crippen LogP contribution in [0.1, 0.15) is 22.5 Å². The summed E-state index contributed by atoms with van der Waals surface area (Å²) in [4.78, 5) is 6.17. The molecule has 0 bridgehead atoms. The lowest BCUT2D eigenvalue weighted by molar-refractivity contribution is 0.987. The van der Waals surface area contributed by atoms with Crippen molar-refractivity contribution in [3.8, 4) is 0 Å². The van der Waals surface area contributed by atoms with Crippen molar-refractivity contribution in [3.05, 3.63) is 15.6 Å². The molecule has 0 saturated carbocycles. The molecule has 0 unspecified atom stereocenters. The largest absolute Gasteiger partial charge is 0.246 e. The maximum absolute atomic E-state index is 4.63. The Labute approximate surface area is 78.5 Å². The van der Waals surface area contributed by atoms with Crippen molar-refractivity contribution < 1.29 is 0 Å². The van der Waals surface area contributed by atoms with Crippen molar-refractivity contribution >= 4 is 18.6 Å². The van der Waals surface area contributed by atoms with Crippen LogP contribution >= 0.6 is 11.3 Å². The van der Waals surface area contributed by atoms with Crippen LogP contribution in [-0.4, -0.2) is 12.3 Å². The monoisotopic (exact) mass is 178 g/mol. The van der Waals surface area contributed by atoms with E-state index in [9.17, 15) is 0 Å². The third-order valence-corrected chi connectivity index (χ3v) is 3.59. The van der Waals surface area contributed by atoms with Crippen LogP contribution in [0.3, 0.4) is 0 Å². The summed E-state index contributed by atoms with van der Waals surface area (Å²) < 4.78 is 0. The molecule has 1 aromatic heterocycles. The summed E-state index contributed by atoms with van der Waals surface area (Å²) in [6.45, 7) is 2.18. The van der Waals surface area contributed by atoms with Crippen LogP contribution in [0.4, 0.5) is 0 Å². The van der Waals surface area contributed by atoms with Gasteiger partial charge in [-0.15, -0.1) is 11.3 Å². The van der Waals surface area contributed by atoms with Gasteiger partial charge in [-0.05, 0) is 19.3 Å². The van der Waals surface area contributed by atoms with Crippen LogP contribution in [-0.2, 0) is 19.3 Å². The summed E-state index contributed by atoms with van der Waals surface area (Å²) in [5.74, 6) is 0. The first-order valence-corrected chi connectivity index (χ1v) is 5.51. The van der Waals surface area contributed by atoms with E-state index in [1.54, 1.807) is 4.88 Å². The summed E-state index contributed by atoms with van der Waals surface area (Å²) >= 11 is 1.92. The van der Waals surface area contributed by atoms with Gasteiger partial charge in [-0.1, -0.05) is 19.6 Å². The van der Waals surface area contributed by atoms with Crippen molar-refractivity contribution in [1.82, 2.24) is 4.98 Å². The molecule has 0 N–H and O–H groups in total. The number of aromatic nitrogens is 1. The fraction of sp³-hybridized carbons (Fsp3) is 0.667. The summed E-state index contributed by atoms with van der Waals surface area (Å²) in [5, 5.41) is 1.32. The van der Waals surface area contributed by atoms with Gasteiger partial charge in [0, 0.05) is 4.88 Å². The molecular weight excluding hydrogens is 165 g/mol. The molecule has 0 saturated heterocycles. The lowest BCUT2D eigenvalue weighted by Gasteiger charge is -1.91. The summed E-state index contributed by atoms with van der Waals surface area (Å²) in [7, 11) is 2.39. The quantitative estimate of drug-likeness (QED) is 0.601. The Balaban J connectivity index is 2.26. The Kier molecular flexibility index (Phi) is 2.49. The molecule has 2 rings (SSSR count). The van der Waals surface area contributed by atoms with Gasteiger partial charge in [0.25, 0.3) is 0 Å². The van der Waals surface area contributed by atoms with Gasteiger partial charge in [0.1, 0.15) is 7.28 Å². The number of fused-ring (bicyclic) bond motifs is 1. The number of aryl methyl sites for hydroxylation is 3. The van der Waals surface area contributed by atoms with Gasteiger partial charge in [0.05, 0.1) is 10.7 Å². The first-order valence-electron chi connectivity index (χ1n) is 4.69. The first kappa shape index (κ1) is 8.30. The van der Waals surface area contributed by atoms with Crippen LogP contribution in [0.15, 0.2) is 0 Å². The standard InChI is InChI=1S/C9H13BNS/c1-2-9-11-7-3-5-10-6-4-8(7)12-9/h2-6H2,1H3. The minimum atomic E-state index is 1.10. The molecule has 0 spiro atoms. The zero-order valence-corrected chi connectivity index (χ0v) is 8.28. The minimum absolute atomic E-state index is 1.10. The third-order valence-electron chi connectivity index (χ3n) is 2.29. The zero-order valence-electron chi connectivity index (χ0n) is 7.47. The SMILES string of the molecule is CCc1nc2c(s1)CC[B]CC2. The molecule has 1 radical (unpaired) electrons. The molecule has 3 heteroatoms. The van der Waals surface area contributed by atoms with Crippen molar-refractivity contribution in [3.63, 3.8) is 0 Å². The van der Waals surface area contributed by atoms with Crippen molar-refractivity contribution in [2.45, 2.75) is 38.8 Å². The lowest BCUT2D eigenvalue weighted by Crippen LogP contribution is -1.89. The van der Waals surface area contributed by atoms with E-state index in [4.69, 9.17) is 0 Å². The average molecular weight is 178 g/mol. The Morgan fingerprint density at radius 1 is 1.42 bits per heavy atom. The second-order valence-corrected chi connectivity index (χ2v) is 4.37. The van der Waals surface area contributed by atoms with Crippen LogP contribution < -0.4 is 0 Å². The predicted molar refractivity (Wildman–Crippen MR) is 54.3 cm³/mol. The Bertz CT molecular complexity index is 246. The Morgan fingerprint density at radius 2 is 2.25 bits per heavy atom. The highest BCUT2D eigenvalue weighted by molar-refractivity contribution is 7.11. The van der Waals surface area contributed by atoms with Gasteiger partial charge >= 0.3 is 0 Å². The molecule has 1 nitrogen and oxygen atoms in total. The highest BCUT2D eigenvalue weighted by Gasteiger charge is 2.12. The molecular formula is C9H13BNS. The Morgan fingerprint density at radius 3 is 3.08 bits per heavy atom. The van der Waals surface area contributed by atoms with Crippen LogP contribution in [0.5, 0.6) is 0 Å². The van der Waals surface area contributed by atoms with Crippen LogP contribution in [0.2, 0.25) is 12.6 Å². The molecule has 63 valence electrons. The van der Waals surface area contributed by atoms with E-state index in [0.29, 0.717) is 0 Å². The fourth-order valence-electron chi connectivity index (χ4n) is 1.59. The van der Waals surface area contributed by atoms with Crippen LogP contribution in [0, 0.1) is 0 Å². The van der Waals surface area contributed by atoms with E-state index in [2.05, 4.69) is 19.2 Å². The molecule has 1 aromatic rings. The molecule has 0 atom stereocenters. The van der Waals surface area contributed by atoms with Crippen molar-refractivity contribution in [1.29, 1.82) is 0 Å². The fourth-order valence-corrected chi connectivity index (χ4v) is 2.66. The van der Waals surface area contributed by atoms with Gasteiger partial charge < -0.3 is 0 Å². The number of rotatable bonds is 1. The molecule has 1 aliphatic rings. The van der Waals surface area contributed by atoms with Crippen molar-refractivity contribution in [2.75, 3.05) is 0 Å². The average Bonchev–Trinajstić information content (AvgIpc) is 2.37. The number of thiazole rings is 1. The highest BCUT2D eigenvalue weighted by atomic mass is 32.1. The number of hydrogen-bond donors (Lipinski definition) is 0. The van der Waals surface area contributed by atoms with E-state index >= 15 is 0 Å². The van der Waals surface area contributed by atoms with E-state index in [1.807, 2.05) is 11.3 Å². The first-order chi connectivity index (χ1) is 5.90.